The van der Waals surface area contributed by atoms with Crippen molar-refractivity contribution in [2.75, 3.05) is 0 Å². The Kier molecular flexibility index (Phi) is 2.03. The zero-order valence-corrected chi connectivity index (χ0v) is 7.54. The number of halogens is 5. The maximum Gasteiger partial charge on any atom is 0.426 e. The highest BCUT2D eigenvalue weighted by atomic mass is 19.4. The van der Waals surface area contributed by atoms with Gasteiger partial charge in [0, 0.05) is 5.56 Å². The molecule has 82 valence electrons. The summed E-state index contributed by atoms with van der Waals surface area (Å²) in [4.78, 5) is 0. The Balaban J connectivity index is 2.62. The van der Waals surface area contributed by atoms with E-state index in [1.54, 1.807) is 0 Å². The number of alkyl halides is 4. The summed E-state index contributed by atoms with van der Waals surface area (Å²) in [6.07, 6.45) is -5.86. The first-order valence-corrected chi connectivity index (χ1v) is 4.40. The van der Waals surface area contributed by atoms with Crippen molar-refractivity contribution in [3.8, 4) is 0 Å². The molecule has 0 bridgehead atoms. The number of hydrogen-bond acceptors (Lipinski definition) is 0. The van der Waals surface area contributed by atoms with E-state index in [9.17, 15) is 22.0 Å². The summed E-state index contributed by atoms with van der Waals surface area (Å²) in [6, 6.07) is 3.46. The maximum atomic E-state index is 13.7. The lowest BCUT2D eigenvalue weighted by molar-refractivity contribution is -0.235. The average molecular weight is 222 g/mol. The summed E-state index contributed by atoms with van der Waals surface area (Å²) in [5.74, 6) is -1.12. The molecule has 0 N–H and O–H groups in total. The second kappa shape index (κ2) is 2.93. The molecule has 0 aromatic heterocycles. The van der Waals surface area contributed by atoms with E-state index in [0.717, 1.165) is 6.07 Å². The number of hydrogen-bond donors (Lipinski definition) is 0. The van der Waals surface area contributed by atoms with Crippen LogP contribution in [0.5, 0.6) is 0 Å². The fourth-order valence-corrected chi connectivity index (χ4v) is 1.94. The SMILES string of the molecule is Fc1cccc2c1C(F)(C(F)(F)F)CC2. The van der Waals surface area contributed by atoms with E-state index >= 15 is 0 Å². The fourth-order valence-electron chi connectivity index (χ4n) is 1.94. The molecule has 0 radical (unpaired) electrons. The van der Waals surface area contributed by atoms with Crippen molar-refractivity contribution < 1.29 is 22.0 Å². The summed E-state index contributed by atoms with van der Waals surface area (Å²) >= 11 is 0. The minimum Gasteiger partial charge on any atom is -0.228 e. The molecule has 1 aliphatic carbocycles. The lowest BCUT2D eigenvalue weighted by Crippen LogP contribution is -2.36. The first-order chi connectivity index (χ1) is 6.86. The maximum absolute atomic E-state index is 13.7. The number of benzene rings is 1. The van der Waals surface area contributed by atoms with Gasteiger partial charge < -0.3 is 0 Å². The zero-order chi connectivity index (χ0) is 11.3. The van der Waals surface area contributed by atoms with E-state index in [0.29, 0.717) is 0 Å². The molecule has 0 spiro atoms. The molecule has 0 amide bonds. The van der Waals surface area contributed by atoms with Gasteiger partial charge in [0.15, 0.2) is 0 Å². The van der Waals surface area contributed by atoms with Crippen LogP contribution in [0, 0.1) is 5.82 Å². The van der Waals surface area contributed by atoms with Crippen LogP contribution in [0.4, 0.5) is 22.0 Å². The zero-order valence-electron chi connectivity index (χ0n) is 7.54. The number of rotatable bonds is 0. The predicted molar refractivity (Wildman–Crippen MR) is 43.6 cm³/mol. The summed E-state index contributed by atoms with van der Waals surface area (Å²) < 4.78 is 64.3. The van der Waals surface area contributed by atoms with E-state index in [2.05, 4.69) is 0 Å². The number of aryl methyl sites for hydroxylation is 1. The topological polar surface area (TPSA) is 0 Å². The quantitative estimate of drug-likeness (QED) is 0.589. The van der Waals surface area contributed by atoms with Crippen LogP contribution in [0.1, 0.15) is 17.5 Å². The Morgan fingerprint density at radius 2 is 1.87 bits per heavy atom. The second-order valence-corrected chi connectivity index (χ2v) is 3.57. The summed E-state index contributed by atoms with van der Waals surface area (Å²) in [5, 5.41) is 0. The summed E-state index contributed by atoms with van der Waals surface area (Å²) in [6.45, 7) is 0. The Bertz CT molecular complexity index is 395. The molecule has 1 atom stereocenters. The molecular weight excluding hydrogens is 215 g/mol. The van der Waals surface area contributed by atoms with Gasteiger partial charge in [-0.15, -0.1) is 0 Å². The normalized spacial score (nSPS) is 25.4. The molecule has 1 unspecified atom stereocenters. The van der Waals surface area contributed by atoms with Crippen molar-refractivity contribution in [1.82, 2.24) is 0 Å². The third kappa shape index (κ3) is 1.33. The first kappa shape index (κ1) is 10.4. The van der Waals surface area contributed by atoms with Crippen LogP contribution in [0.25, 0.3) is 0 Å². The van der Waals surface area contributed by atoms with Crippen molar-refractivity contribution in [2.24, 2.45) is 0 Å². The van der Waals surface area contributed by atoms with Crippen LogP contribution in [-0.4, -0.2) is 6.18 Å². The van der Waals surface area contributed by atoms with Crippen molar-refractivity contribution in [1.29, 1.82) is 0 Å². The smallest absolute Gasteiger partial charge is 0.228 e. The molecule has 0 aliphatic heterocycles. The molecule has 0 fully saturated rings. The van der Waals surface area contributed by atoms with Crippen molar-refractivity contribution in [2.45, 2.75) is 24.7 Å². The molecule has 1 aromatic carbocycles. The molecule has 1 aromatic rings. The van der Waals surface area contributed by atoms with Crippen LogP contribution < -0.4 is 0 Å². The van der Waals surface area contributed by atoms with Crippen molar-refractivity contribution in [3.05, 3.63) is 35.1 Å². The predicted octanol–water partition coefficient (Wildman–Crippen LogP) is 3.50. The molecule has 2 rings (SSSR count). The van der Waals surface area contributed by atoms with Gasteiger partial charge in [0.2, 0.25) is 5.67 Å². The monoisotopic (exact) mass is 222 g/mol. The largest absolute Gasteiger partial charge is 0.426 e. The summed E-state index contributed by atoms with van der Waals surface area (Å²) in [5.41, 5.74) is -4.25. The summed E-state index contributed by atoms with van der Waals surface area (Å²) in [7, 11) is 0. The molecule has 5 heteroatoms. The van der Waals surface area contributed by atoms with E-state index in [1.807, 2.05) is 0 Å². The fraction of sp³-hybridized carbons (Fsp3) is 0.400. The van der Waals surface area contributed by atoms with Crippen LogP contribution >= 0.6 is 0 Å². The Labute approximate surface area is 82.7 Å². The van der Waals surface area contributed by atoms with Crippen LogP contribution in [0.2, 0.25) is 0 Å². The Morgan fingerprint density at radius 3 is 2.47 bits per heavy atom. The standard InChI is InChI=1S/C10H7F5/c11-7-3-1-2-6-4-5-9(12,8(6)7)10(13,14)15/h1-3H,4-5H2. The van der Waals surface area contributed by atoms with E-state index in [1.165, 1.54) is 12.1 Å². The second-order valence-electron chi connectivity index (χ2n) is 3.57. The minimum atomic E-state index is -5.06. The highest BCUT2D eigenvalue weighted by molar-refractivity contribution is 5.39. The van der Waals surface area contributed by atoms with E-state index in [-0.39, 0.29) is 12.0 Å². The van der Waals surface area contributed by atoms with Crippen LogP contribution in [0.15, 0.2) is 18.2 Å². The van der Waals surface area contributed by atoms with Crippen LogP contribution in [0.3, 0.4) is 0 Å². The van der Waals surface area contributed by atoms with Gasteiger partial charge in [-0.05, 0) is 24.5 Å². The van der Waals surface area contributed by atoms with Gasteiger partial charge in [-0.2, -0.15) is 13.2 Å². The van der Waals surface area contributed by atoms with Crippen LogP contribution in [-0.2, 0) is 12.1 Å². The van der Waals surface area contributed by atoms with Gasteiger partial charge in [0.1, 0.15) is 5.82 Å². The molecule has 15 heavy (non-hydrogen) atoms. The molecule has 1 aliphatic rings. The van der Waals surface area contributed by atoms with Gasteiger partial charge in [-0.3, -0.25) is 0 Å². The van der Waals surface area contributed by atoms with Crippen molar-refractivity contribution >= 4 is 0 Å². The lowest BCUT2D eigenvalue weighted by Gasteiger charge is -2.24. The number of fused-ring (bicyclic) bond motifs is 1. The lowest BCUT2D eigenvalue weighted by atomic mass is 9.97. The molecule has 0 heterocycles. The molecule has 0 nitrogen and oxygen atoms in total. The van der Waals surface area contributed by atoms with E-state index < -0.39 is 29.6 Å². The Morgan fingerprint density at radius 1 is 1.20 bits per heavy atom. The molecule has 0 saturated carbocycles. The average Bonchev–Trinajstić information content (AvgIpc) is 2.45. The first-order valence-electron chi connectivity index (χ1n) is 4.40. The third-order valence-corrected chi connectivity index (χ3v) is 2.68. The van der Waals surface area contributed by atoms with Gasteiger partial charge in [-0.1, -0.05) is 12.1 Å². The van der Waals surface area contributed by atoms with Gasteiger partial charge >= 0.3 is 6.18 Å². The molecule has 0 saturated heterocycles. The van der Waals surface area contributed by atoms with Gasteiger partial charge in [0.25, 0.3) is 0 Å². The minimum absolute atomic E-state index is 0.0803. The third-order valence-electron chi connectivity index (χ3n) is 2.68. The van der Waals surface area contributed by atoms with Crippen molar-refractivity contribution in [3.63, 3.8) is 0 Å². The Hall–Kier alpha value is -1.13. The van der Waals surface area contributed by atoms with Gasteiger partial charge in [0.05, 0.1) is 0 Å². The highest BCUT2D eigenvalue weighted by Gasteiger charge is 2.61. The van der Waals surface area contributed by atoms with E-state index in [4.69, 9.17) is 0 Å². The van der Waals surface area contributed by atoms with Gasteiger partial charge in [-0.25, -0.2) is 8.78 Å². The molecular formula is C10H7F5. The highest BCUT2D eigenvalue weighted by Crippen LogP contribution is 2.51.